The Hall–Kier alpha value is -4.01. The van der Waals surface area contributed by atoms with Gasteiger partial charge in [-0.2, -0.15) is 0 Å². The van der Waals surface area contributed by atoms with Crippen LogP contribution < -0.4 is 5.11 Å². The first-order chi connectivity index (χ1) is 29.1. The van der Waals surface area contributed by atoms with Crippen LogP contribution in [0, 0.1) is 0 Å². The lowest BCUT2D eigenvalue weighted by Crippen LogP contribution is -2.55. The summed E-state index contributed by atoms with van der Waals surface area (Å²) in [5.41, 5.74) is 0. The minimum Gasteiger partial charge on any atom is -0.544 e. The van der Waals surface area contributed by atoms with Crippen molar-refractivity contribution in [2.45, 2.75) is 161 Å². The summed E-state index contributed by atoms with van der Waals surface area (Å²) in [5, 5.41) is 11.6. The lowest BCUT2D eigenvalue weighted by Gasteiger charge is -2.34. The van der Waals surface area contributed by atoms with Crippen molar-refractivity contribution < 1.29 is 38.2 Å². The molecule has 0 aromatic rings. The number of esters is 2. The second-order valence-electron chi connectivity index (χ2n) is 15.9. The van der Waals surface area contributed by atoms with E-state index in [1.807, 2.05) is 12.2 Å². The van der Waals surface area contributed by atoms with Crippen LogP contribution in [0.3, 0.4) is 0 Å². The van der Waals surface area contributed by atoms with E-state index in [-0.39, 0.29) is 49.5 Å². The normalized spacial score (nSPS) is 13.9. The molecule has 2 unspecified atom stereocenters. The van der Waals surface area contributed by atoms with Gasteiger partial charge in [-0.15, -0.1) is 0 Å². The predicted molar refractivity (Wildman–Crippen MR) is 249 cm³/mol. The van der Waals surface area contributed by atoms with Crippen LogP contribution in [0.1, 0.15) is 149 Å². The van der Waals surface area contributed by atoms with Crippen LogP contribution >= 0.6 is 0 Å². The summed E-state index contributed by atoms with van der Waals surface area (Å²) in [7, 11) is 5.35. The molecule has 60 heavy (non-hydrogen) atoms. The Morgan fingerprint density at radius 3 is 1.45 bits per heavy atom. The third-order valence-corrected chi connectivity index (χ3v) is 9.41. The number of nitrogens with zero attached hydrogens (tertiary/aromatic N) is 1. The Morgan fingerprint density at radius 1 is 0.517 bits per heavy atom. The summed E-state index contributed by atoms with van der Waals surface area (Å²) in [6.45, 7) is 4.38. The first-order valence-electron chi connectivity index (χ1n) is 22.9. The van der Waals surface area contributed by atoms with Crippen molar-refractivity contribution in [3.8, 4) is 0 Å². The van der Waals surface area contributed by atoms with Gasteiger partial charge >= 0.3 is 11.9 Å². The number of unbranched alkanes of at least 4 members (excludes halogenated alkanes) is 7. The molecule has 2 atom stereocenters. The summed E-state index contributed by atoms with van der Waals surface area (Å²) in [4.78, 5) is 36.8. The van der Waals surface area contributed by atoms with E-state index < -0.39 is 24.1 Å². The van der Waals surface area contributed by atoms with Gasteiger partial charge in [0.15, 0.2) is 6.10 Å². The number of allylic oxidation sites excluding steroid dienone is 18. The zero-order valence-electron chi connectivity index (χ0n) is 38.3. The topological polar surface area (TPSA) is 102 Å². The standard InChI is InChI=1S/C52H83NO7/c1-6-8-10-12-14-16-18-20-22-24-25-27-29-31-33-35-37-39-41-43-51(55)60-48(46-58-45-44-49(52(56)57)53(3,4)5)47-59-50(54)42-40-38-36-34-32-30-28-26-23-21-19-17-15-13-11-9-7-2/h8,10,14,16,20-23,25,27-28,30-31,33-34,36-37,39,48-49H,6-7,9,11-13,15,17-19,24,26,29,32,35,38,40-47H2,1-5H3/b10-8+,16-14+,22-20+,23-21+,27-25+,30-28+,33-31+,36-34+,39-37+. The molecule has 0 saturated carbocycles. The fraction of sp³-hybridized carbons (Fsp3) is 0.596. The van der Waals surface area contributed by atoms with E-state index in [1.54, 1.807) is 21.1 Å². The maximum absolute atomic E-state index is 12.7. The second-order valence-corrected chi connectivity index (χ2v) is 15.9. The van der Waals surface area contributed by atoms with Gasteiger partial charge in [-0.1, -0.05) is 155 Å². The van der Waals surface area contributed by atoms with Crippen molar-refractivity contribution in [1.29, 1.82) is 0 Å². The van der Waals surface area contributed by atoms with Crippen molar-refractivity contribution in [3.05, 3.63) is 109 Å². The van der Waals surface area contributed by atoms with E-state index in [1.165, 1.54) is 38.5 Å². The van der Waals surface area contributed by atoms with Gasteiger partial charge in [-0.25, -0.2) is 0 Å². The Balaban J connectivity index is 4.56. The molecule has 8 heteroatoms. The summed E-state index contributed by atoms with van der Waals surface area (Å²) < 4.78 is 17.0. The van der Waals surface area contributed by atoms with Crippen molar-refractivity contribution in [3.63, 3.8) is 0 Å². The number of likely N-dealkylation sites (N-methyl/N-ethyl adjacent to an activating group) is 1. The average molecular weight is 834 g/mol. The van der Waals surface area contributed by atoms with Crippen molar-refractivity contribution in [2.75, 3.05) is 41.0 Å². The van der Waals surface area contributed by atoms with Crippen LogP contribution in [-0.2, 0) is 28.6 Å². The molecule has 0 heterocycles. The van der Waals surface area contributed by atoms with E-state index in [4.69, 9.17) is 14.2 Å². The molecule has 0 rings (SSSR count). The largest absolute Gasteiger partial charge is 0.544 e. The van der Waals surface area contributed by atoms with Gasteiger partial charge in [0.1, 0.15) is 12.6 Å². The molecule has 0 saturated heterocycles. The van der Waals surface area contributed by atoms with Crippen LogP contribution in [0.2, 0.25) is 0 Å². The highest BCUT2D eigenvalue weighted by atomic mass is 16.6. The highest BCUT2D eigenvalue weighted by Crippen LogP contribution is 2.10. The predicted octanol–water partition coefficient (Wildman–Crippen LogP) is 11.5. The number of carboxylic acid groups (broad SMARTS) is 1. The van der Waals surface area contributed by atoms with Gasteiger partial charge in [0, 0.05) is 19.3 Å². The lowest BCUT2D eigenvalue weighted by molar-refractivity contribution is -0.889. The quantitative estimate of drug-likeness (QED) is 0.0263. The lowest BCUT2D eigenvalue weighted by atomic mass is 10.1. The van der Waals surface area contributed by atoms with E-state index in [0.29, 0.717) is 12.8 Å². The Morgan fingerprint density at radius 2 is 0.967 bits per heavy atom. The van der Waals surface area contributed by atoms with E-state index >= 15 is 0 Å². The second kappa shape index (κ2) is 41.7. The third kappa shape index (κ3) is 39.5. The van der Waals surface area contributed by atoms with Crippen molar-refractivity contribution >= 4 is 17.9 Å². The SMILES string of the molecule is CC/C=C/C/C=C/C/C=C/C/C=C/C/C=C/C/C=C/CCC(=O)OC(COCCC(C(=O)[O-])[N+](C)(C)C)COC(=O)CCC/C=C/C/C=C/C/C=C/CCCCCCCC. The van der Waals surface area contributed by atoms with Crippen LogP contribution in [0.4, 0.5) is 0 Å². The molecule has 0 aromatic heterocycles. The van der Waals surface area contributed by atoms with Crippen LogP contribution in [-0.4, -0.2) is 75.5 Å². The molecule has 0 aliphatic rings. The van der Waals surface area contributed by atoms with E-state index in [9.17, 15) is 19.5 Å². The minimum absolute atomic E-state index is 0.0129. The summed E-state index contributed by atoms with van der Waals surface area (Å²) in [6, 6.07) is -0.753. The fourth-order valence-electron chi connectivity index (χ4n) is 5.88. The van der Waals surface area contributed by atoms with Gasteiger partial charge in [-0.05, 0) is 83.5 Å². The molecule has 0 aliphatic heterocycles. The zero-order valence-corrected chi connectivity index (χ0v) is 38.3. The molecule has 0 bridgehead atoms. The number of ether oxygens (including phenoxy) is 3. The number of carbonyl (C=O) groups is 3. The van der Waals surface area contributed by atoms with Gasteiger partial charge < -0.3 is 28.6 Å². The molecule has 0 N–H and O–H groups in total. The number of hydrogen-bond donors (Lipinski definition) is 0. The van der Waals surface area contributed by atoms with Crippen LogP contribution in [0.5, 0.6) is 0 Å². The maximum Gasteiger partial charge on any atom is 0.306 e. The van der Waals surface area contributed by atoms with Gasteiger partial charge in [0.05, 0.1) is 40.3 Å². The molecule has 0 fully saturated rings. The van der Waals surface area contributed by atoms with Crippen LogP contribution in [0.15, 0.2) is 109 Å². The summed E-state index contributed by atoms with van der Waals surface area (Å²) in [6.07, 6.45) is 57.1. The average Bonchev–Trinajstić information content (AvgIpc) is 3.21. The minimum atomic E-state index is -1.15. The molecule has 0 radical (unpaired) electrons. The first kappa shape index (κ1) is 56.0. The molecule has 0 aromatic carbocycles. The molecule has 0 aliphatic carbocycles. The molecule has 8 nitrogen and oxygen atoms in total. The number of rotatable bonds is 39. The molecule has 0 amide bonds. The number of carboxylic acids is 1. The van der Waals surface area contributed by atoms with E-state index in [2.05, 4.69) is 111 Å². The Labute approximate surface area is 366 Å². The number of hydrogen-bond acceptors (Lipinski definition) is 7. The smallest absolute Gasteiger partial charge is 0.306 e. The summed E-state index contributed by atoms with van der Waals surface area (Å²) >= 11 is 0. The first-order valence-corrected chi connectivity index (χ1v) is 22.9. The highest BCUT2D eigenvalue weighted by Gasteiger charge is 2.25. The molecular formula is C52H83NO7. The van der Waals surface area contributed by atoms with E-state index in [0.717, 1.165) is 64.2 Å². The fourth-order valence-corrected chi connectivity index (χ4v) is 5.88. The van der Waals surface area contributed by atoms with Crippen molar-refractivity contribution in [1.82, 2.24) is 0 Å². The number of aliphatic carboxylic acids is 1. The van der Waals surface area contributed by atoms with Gasteiger partial charge in [0.25, 0.3) is 0 Å². The highest BCUT2D eigenvalue weighted by molar-refractivity contribution is 5.70. The number of carbonyl (C=O) groups excluding carboxylic acids is 3. The summed E-state index contributed by atoms with van der Waals surface area (Å²) in [5.74, 6) is -1.93. The Kier molecular flexibility index (Phi) is 38.9. The molecule has 338 valence electrons. The zero-order chi connectivity index (χ0) is 44.2. The monoisotopic (exact) mass is 834 g/mol. The van der Waals surface area contributed by atoms with Crippen LogP contribution in [0.25, 0.3) is 0 Å². The van der Waals surface area contributed by atoms with Gasteiger partial charge in [-0.3, -0.25) is 9.59 Å². The maximum atomic E-state index is 12.7. The molecule has 0 spiro atoms. The van der Waals surface area contributed by atoms with Gasteiger partial charge in [0.2, 0.25) is 0 Å². The van der Waals surface area contributed by atoms with Crippen molar-refractivity contribution in [2.24, 2.45) is 0 Å². The third-order valence-electron chi connectivity index (χ3n) is 9.41. The Bertz CT molecular complexity index is 1340. The molecular weight excluding hydrogens is 751 g/mol. The number of quaternary nitrogens is 1.